The molecule has 0 saturated carbocycles. The van der Waals surface area contributed by atoms with Crippen molar-refractivity contribution in [1.82, 2.24) is 14.5 Å². The SMILES string of the molecule is NC(=O)c1cc(=O)n(C(Cc2ccccc2)c2cnccc2-c2ccc(F)cc2)c(=O)[nH]1. The maximum absolute atomic E-state index is 13.5. The normalized spacial score (nSPS) is 11.8. The van der Waals surface area contributed by atoms with Crippen LogP contribution in [-0.4, -0.2) is 20.4 Å². The van der Waals surface area contributed by atoms with Crippen molar-refractivity contribution >= 4 is 5.91 Å². The average Bonchev–Trinajstić information content (AvgIpc) is 2.79. The number of carbonyl (C=O) groups excluding carboxylic acids is 1. The predicted molar refractivity (Wildman–Crippen MR) is 118 cm³/mol. The van der Waals surface area contributed by atoms with E-state index in [1.165, 1.54) is 12.1 Å². The van der Waals surface area contributed by atoms with Crippen LogP contribution in [0.15, 0.2) is 88.7 Å². The fourth-order valence-corrected chi connectivity index (χ4v) is 3.67. The maximum atomic E-state index is 13.5. The number of aromatic amines is 1. The third-order valence-electron chi connectivity index (χ3n) is 5.18. The summed E-state index contributed by atoms with van der Waals surface area (Å²) in [5, 5.41) is 0. The van der Waals surface area contributed by atoms with Gasteiger partial charge in [0, 0.05) is 24.0 Å². The van der Waals surface area contributed by atoms with E-state index in [4.69, 9.17) is 5.73 Å². The number of carbonyl (C=O) groups is 1. The highest BCUT2D eigenvalue weighted by molar-refractivity contribution is 5.90. The van der Waals surface area contributed by atoms with Crippen LogP contribution in [0.25, 0.3) is 11.1 Å². The molecule has 4 aromatic rings. The van der Waals surface area contributed by atoms with Gasteiger partial charge in [-0.05, 0) is 41.3 Å². The van der Waals surface area contributed by atoms with Crippen molar-refractivity contribution in [1.29, 1.82) is 0 Å². The Hall–Kier alpha value is -4.33. The van der Waals surface area contributed by atoms with E-state index in [0.29, 0.717) is 23.1 Å². The summed E-state index contributed by atoms with van der Waals surface area (Å²) in [6.07, 6.45) is 3.48. The number of nitrogens with one attached hydrogen (secondary N) is 1. The van der Waals surface area contributed by atoms with E-state index in [-0.39, 0.29) is 11.5 Å². The number of rotatable bonds is 6. The Bertz CT molecular complexity index is 1350. The first-order chi connectivity index (χ1) is 15.4. The van der Waals surface area contributed by atoms with Crippen LogP contribution in [0.2, 0.25) is 0 Å². The zero-order valence-corrected chi connectivity index (χ0v) is 16.9. The van der Waals surface area contributed by atoms with Crippen molar-refractivity contribution in [3.63, 3.8) is 0 Å². The third kappa shape index (κ3) is 4.24. The zero-order chi connectivity index (χ0) is 22.7. The zero-order valence-electron chi connectivity index (χ0n) is 16.9. The minimum atomic E-state index is -0.903. The van der Waals surface area contributed by atoms with Crippen LogP contribution in [-0.2, 0) is 6.42 Å². The van der Waals surface area contributed by atoms with Gasteiger partial charge in [-0.3, -0.25) is 19.1 Å². The van der Waals surface area contributed by atoms with E-state index in [1.54, 1.807) is 30.6 Å². The molecule has 7 nitrogen and oxygen atoms in total. The van der Waals surface area contributed by atoms with E-state index in [1.807, 2.05) is 30.3 Å². The average molecular weight is 430 g/mol. The Labute approximate surface area is 182 Å². The second-order valence-electron chi connectivity index (χ2n) is 7.24. The molecule has 3 N–H and O–H groups in total. The Morgan fingerprint density at radius 1 is 1.06 bits per heavy atom. The van der Waals surface area contributed by atoms with Crippen molar-refractivity contribution in [2.75, 3.05) is 0 Å². The molecule has 2 heterocycles. The predicted octanol–water partition coefficient (Wildman–Crippen LogP) is 2.67. The topological polar surface area (TPSA) is 111 Å². The number of benzene rings is 2. The van der Waals surface area contributed by atoms with Gasteiger partial charge in [0.15, 0.2) is 0 Å². The summed E-state index contributed by atoms with van der Waals surface area (Å²) in [6, 6.07) is 17.3. The van der Waals surface area contributed by atoms with Gasteiger partial charge in [0.25, 0.3) is 11.5 Å². The molecule has 1 amide bonds. The number of amides is 1. The molecule has 0 spiro atoms. The van der Waals surface area contributed by atoms with Crippen molar-refractivity contribution in [2.45, 2.75) is 12.5 Å². The van der Waals surface area contributed by atoms with Crippen LogP contribution in [0.3, 0.4) is 0 Å². The molecular formula is C24H19FN4O3. The van der Waals surface area contributed by atoms with Gasteiger partial charge < -0.3 is 10.7 Å². The molecule has 0 aliphatic heterocycles. The lowest BCUT2D eigenvalue weighted by atomic mass is 9.92. The molecule has 0 radical (unpaired) electrons. The Morgan fingerprint density at radius 2 is 1.78 bits per heavy atom. The standard InChI is InChI=1S/C24H19FN4O3/c25-17-8-6-16(7-9-17)18-10-11-27-14-19(18)21(12-15-4-2-1-3-5-15)29-22(30)13-20(23(26)31)28-24(29)32/h1-11,13-14,21H,12H2,(H2,26,31)(H,28,32). The van der Waals surface area contributed by atoms with Crippen LogP contribution in [0, 0.1) is 5.82 Å². The number of aromatic nitrogens is 3. The molecule has 32 heavy (non-hydrogen) atoms. The van der Waals surface area contributed by atoms with Gasteiger partial charge in [0.05, 0.1) is 6.04 Å². The van der Waals surface area contributed by atoms with E-state index in [9.17, 15) is 18.8 Å². The molecule has 8 heteroatoms. The third-order valence-corrected chi connectivity index (χ3v) is 5.18. The fourth-order valence-electron chi connectivity index (χ4n) is 3.67. The number of hydrogen-bond acceptors (Lipinski definition) is 4. The van der Waals surface area contributed by atoms with Crippen LogP contribution in [0.5, 0.6) is 0 Å². The molecule has 0 saturated heterocycles. The minimum Gasteiger partial charge on any atom is -0.364 e. The number of primary amides is 1. The van der Waals surface area contributed by atoms with Crippen LogP contribution < -0.4 is 17.0 Å². The number of nitrogens with two attached hydrogens (primary N) is 1. The maximum Gasteiger partial charge on any atom is 0.329 e. The summed E-state index contributed by atoms with van der Waals surface area (Å²) in [5.41, 5.74) is 6.42. The number of H-pyrrole nitrogens is 1. The summed E-state index contributed by atoms with van der Waals surface area (Å²) in [6.45, 7) is 0. The monoisotopic (exact) mass is 430 g/mol. The summed E-state index contributed by atoms with van der Waals surface area (Å²) in [5.74, 6) is -1.28. The van der Waals surface area contributed by atoms with Gasteiger partial charge in [-0.15, -0.1) is 0 Å². The molecule has 1 atom stereocenters. The lowest BCUT2D eigenvalue weighted by molar-refractivity contribution is 0.0994. The Balaban J connectivity index is 1.93. The molecule has 2 aromatic heterocycles. The molecule has 0 bridgehead atoms. The van der Waals surface area contributed by atoms with E-state index in [0.717, 1.165) is 16.2 Å². The number of hydrogen-bond donors (Lipinski definition) is 2. The largest absolute Gasteiger partial charge is 0.364 e. The minimum absolute atomic E-state index is 0.264. The molecule has 4 rings (SSSR count). The molecule has 1 unspecified atom stereocenters. The van der Waals surface area contributed by atoms with E-state index < -0.39 is 23.2 Å². The molecule has 0 fully saturated rings. The summed E-state index contributed by atoms with van der Waals surface area (Å²) in [7, 11) is 0. The smallest absolute Gasteiger partial charge is 0.329 e. The van der Waals surface area contributed by atoms with Crippen LogP contribution >= 0.6 is 0 Å². The number of nitrogens with zero attached hydrogens (tertiary/aromatic N) is 2. The van der Waals surface area contributed by atoms with Gasteiger partial charge in [-0.25, -0.2) is 9.18 Å². The molecular weight excluding hydrogens is 411 g/mol. The second kappa shape index (κ2) is 8.81. The fraction of sp³-hybridized carbons (Fsp3) is 0.0833. The van der Waals surface area contributed by atoms with Gasteiger partial charge in [-0.1, -0.05) is 42.5 Å². The number of halogens is 1. The van der Waals surface area contributed by atoms with Crippen molar-refractivity contribution < 1.29 is 9.18 Å². The summed E-state index contributed by atoms with van der Waals surface area (Å²) in [4.78, 5) is 43.9. The van der Waals surface area contributed by atoms with Gasteiger partial charge in [0.1, 0.15) is 11.5 Å². The Morgan fingerprint density at radius 3 is 2.44 bits per heavy atom. The van der Waals surface area contributed by atoms with Crippen molar-refractivity contribution in [3.05, 3.63) is 123 Å². The van der Waals surface area contributed by atoms with E-state index >= 15 is 0 Å². The van der Waals surface area contributed by atoms with Gasteiger partial charge >= 0.3 is 5.69 Å². The summed E-state index contributed by atoms with van der Waals surface area (Å²) >= 11 is 0. The number of pyridine rings is 1. The van der Waals surface area contributed by atoms with Crippen LogP contribution in [0.4, 0.5) is 4.39 Å². The molecule has 0 aliphatic rings. The Kier molecular flexibility index (Phi) is 5.76. The highest BCUT2D eigenvalue weighted by Gasteiger charge is 2.23. The van der Waals surface area contributed by atoms with Gasteiger partial charge in [-0.2, -0.15) is 0 Å². The summed E-state index contributed by atoms with van der Waals surface area (Å²) < 4.78 is 14.5. The van der Waals surface area contributed by atoms with Crippen molar-refractivity contribution in [2.24, 2.45) is 5.73 Å². The van der Waals surface area contributed by atoms with Crippen LogP contribution in [0.1, 0.15) is 27.7 Å². The second-order valence-corrected chi connectivity index (χ2v) is 7.24. The molecule has 160 valence electrons. The first kappa shape index (κ1) is 20.9. The highest BCUT2D eigenvalue weighted by atomic mass is 19.1. The highest BCUT2D eigenvalue weighted by Crippen LogP contribution is 2.31. The molecule has 2 aromatic carbocycles. The quantitative estimate of drug-likeness (QED) is 0.490. The van der Waals surface area contributed by atoms with Crippen molar-refractivity contribution in [3.8, 4) is 11.1 Å². The first-order valence-corrected chi connectivity index (χ1v) is 9.83. The molecule has 0 aliphatic carbocycles. The van der Waals surface area contributed by atoms with Gasteiger partial charge in [0.2, 0.25) is 0 Å². The van der Waals surface area contributed by atoms with E-state index in [2.05, 4.69) is 9.97 Å². The first-order valence-electron chi connectivity index (χ1n) is 9.83. The lowest BCUT2D eigenvalue weighted by Gasteiger charge is -2.22. The lowest BCUT2D eigenvalue weighted by Crippen LogP contribution is -2.41.